The summed E-state index contributed by atoms with van der Waals surface area (Å²) in [6, 6.07) is 0.210. The quantitative estimate of drug-likeness (QED) is 0.604. The lowest BCUT2D eigenvalue weighted by Gasteiger charge is -2.21. The largest absolute Gasteiger partial charge is 0.469 e. The van der Waals surface area contributed by atoms with E-state index in [1.54, 1.807) is 0 Å². The first kappa shape index (κ1) is 13.9. The number of rotatable bonds is 3. The van der Waals surface area contributed by atoms with Gasteiger partial charge in [0.05, 0.1) is 13.0 Å². The number of esters is 1. The summed E-state index contributed by atoms with van der Waals surface area (Å²) < 4.78 is 4.73. The van der Waals surface area contributed by atoms with E-state index < -0.39 is 0 Å². The van der Waals surface area contributed by atoms with Gasteiger partial charge in [-0.25, -0.2) is 4.79 Å². The zero-order valence-corrected chi connectivity index (χ0v) is 11.4. The van der Waals surface area contributed by atoms with E-state index in [4.69, 9.17) is 4.74 Å². The maximum Gasteiger partial charge on any atom is 0.315 e. The number of amides is 2. The second-order valence-electron chi connectivity index (χ2n) is 5.33. The molecule has 0 aromatic rings. The van der Waals surface area contributed by atoms with Crippen LogP contribution in [-0.2, 0) is 9.53 Å². The van der Waals surface area contributed by atoms with Crippen molar-refractivity contribution >= 4 is 12.0 Å². The first-order valence-corrected chi connectivity index (χ1v) is 6.99. The van der Waals surface area contributed by atoms with Gasteiger partial charge in [-0.1, -0.05) is 12.2 Å². The minimum atomic E-state index is -0.165. The van der Waals surface area contributed by atoms with Crippen molar-refractivity contribution in [1.82, 2.24) is 10.6 Å². The fourth-order valence-corrected chi connectivity index (χ4v) is 2.83. The molecule has 0 radical (unpaired) electrons. The molecule has 0 unspecified atom stereocenters. The highest BCUT2D eigenvalue weighted by atomic mass is 16.5. The molecule has 3 atom stereocenters. The Labute approximate surface area is 113 Å². The third-order valence-electron chi connectivity index (χ3n) is 3.91. The predicted molar refractivity (Wildman–Crippen MR) is 71.6 cm³/mol. The van der Waals surface area contributed by atoms with E-state index in [2.05, 4.69) is 22.8 Å². The van der Waals surface area contributed by atoms with Crippen LogP contribution in [-0.4, -0.2) is 31.2 Å². The van der Waals surface area contributed by atoms with E-state index in [-0.39, 0.29) is 30.0 Å². The smallest absolute Gasteiger partial charge is 0.315 e. The van der Waals surface area contributed by atoms with Crippen LogP contribution in [0.2, 0.25) is 0 Å². The molecule has 2 rings (SSSR count). The molecule has 0 aromatic heterocycles. The van der Waals surface area contributed by atoms with Crippen LogP contribution in [0.3, 0.4) is 0 Å². The van der Waals surface area contributed by atoms with Crippen molar-refractivity contribution in [3.05, 3.63) is 12.2 Å². The molecule has 1 fully saturated rings. The minimum absolute atomic E-state index is 0.0621. The molecule has 1 saturated carbocycles. The van der Waals surface area contributed by atoms with Gasteiger partial charge in [0.15, 0.2) is 0 Å². The van der Waals surface area contributed by atoms with Gasteiger partial charge >= 0.3 is 12.0 Å². The molecule has 5 nitrogen and oxygen atoms in total. The van der Waals surface area contributed by atoms with Crippen molar-refractivity contribution in [3.63, 3.8) is 0 Å². The van der Waals surface area contributed by atoms with Gasteiger partial charge in [0, 0.05) is 12.1 Å². The Kier molecular flexibility index (Phi) is 4.82. The van der Waals surface area contributed by atoms with Crippen LogP contribution in [0, 0.1) is 5.92 Å². The molecule has 19 heavy (non-hydrogen) atoms. The van der Waals surface area contributed by atoms with Gasteiger partial charge < -0.3 is 15.4 Å². The summed E-state index contributed by atoms with van der Waals surface area (Å²) in [7, 11) is 1.41. The van der Waals surface area contributed by atoms with Crippen LogP contribution < -0.4 is 10.6 Å². The summed E-state index contributed by atoms with van der Waals surface area (Å²) >= 11 is 0. The van der Waals surface area contributed by atoms with Gasteiger partial charge in [-0.15, -0.1) is 0 Å². The molecule has 2 aliphatic rings. The van der Waals surface area contributed by atoms with Gasteiger partial charge in [0.25, 0.3) is 0 Å². The highest BCUT2D eigenvalue weighted by molar-refractivity contribution is 5.75. The molecular weight excluding hydrogens is 244 g/mol. The molecule has 0 aromatic carbocycles. The molecular formula is C14H22N2O3. The van der Waals surface area contributed by atoms with Crippen molar-refractivity contribution in [1.29, 1.82) is 0 Å². The molecule has 0 heterocycles. The van der Waals surface area contributed by atoms with Crippen LogP contribution in [0.1, 0.15) is 38.5 Å². The number of methoxy groups -OCH3 is 1. The van der Waals surface area contributed by atoms with Crippen molar-refractivity contribution < 1.29 is 14.3 Å². The van der Waals surface area contributed by atoms with E-state index in [0.29, 0.717) is 6.42 Å². The first-order chi connectivity index (χ1) is 9.19. The Morgan fingerprint density at radius 1 is 1.11 bits per heavy atom. The number of hydrogen-bond acceptors (Lipinski definition) is 3. The van der Waals surface area contributed by atoms with Gasteiger partial charge in [-0.05, 0) is 38.5 Å². The summed E-state index contributed by atoms with van der Waals surface area (Å²) in [5.41, 5.74) is 0. The van der Waals surface area contributed by atoms with E-state index in [1.165, 1.54) is 7.11 Å². The fraction of sp³-hybridized carbons (Fsp3) is 0.714. The number of allylic oxidation sites excluding steroid dienone is 1. The number of ether oxygens (including phenoxy) is 1. The van der Waals surface area contributed by atoms with Crippen LogP contribution in [0.5, 0.6) is 0 Å². The average molecular weight is 266 g/mol. The molecule has 0 spiro atoms. The van der Waals surface area contributed by atoms with E-state index in [9.17, 15) is 9.59 Å². The summed E-state index contributed by atoms with van der Waals surface area (Å²) in [5.74, 6) is -0.227. The maximum absolute atomic E-state index is 11.9. The standard InChI is InChI=1S/C14H22N2O3/c1-19-13(17)10-7-8-12(9-10)16-14(18)15-11-5-3-2-4-6-11/h2-3,10-12H,4-9H2,1H3,(H2,15,16,18)/t10-,11-,12+/m0/s1. The third-order valence-corrected chi connectivity index (χ3v) is 3.91. The molecule has 2 aliphatic carbocycles. The Balaban J connectivity index is 1.71. The molecule has 106 valence electrons. The second-order valence-corrected chi connectivity index (χ2v) is 5.33. The normalized spacial score (nSPS) is 29.8. The third kappa shape index (κ3) is 3.98. The lowest BCUT2D eigenvalue weighted by atomic mass is 10.0. The lowest BCUT2D eigenvalue weighted by molar-refractivity contribution is -0.145. The van der Waals surface area contributed by atoms with Gasteiger partial charge in [-0.2, -0.15) is 0 Å². The summed E-state index contributed by atoms with van der Waals surface area (Å²) in [5, 5.41) is 5.94. The molecule has 2 N–H and O–H groups in total. The Morgan fingerprint density at radius 2 is 1.89 bits per heavy atom. The Bertz CT molecular complexity index is 368. The van der Waals surface area contributed by atoms with Crippen molar-refractivity contribution in [3.8, 4) is 0 Å². The zero-order valence-electron chi connectivity index (χ0n) is 11.4. The molecule has 5 heteroatoms. The fourth-order valence-electron chi connectivity index (χ4n) is 2.83. The SMILES string of the molecule is COC(=O)[C@H]1CC[C@@H](NC(=O)N[C@H]2CC=CCC2)C1. The van der Waals surface area contributed by atoms with Crippen molar-refractivity contribution in [2.45, 2.75) is 50.6 Å². The van der Waals surface area contributed by atoms with E-state index in [1.807, 2.05) is 0 Å². The molecule has 0 aliphatic heterocycles. The van der Waals surface area contributed by atoms with Crippen LogP contribution in [0.4, 0.5) is 4.79 Å². The zero-order chi connectivity index (χ0) is 13.7. The molecule has 2 amide bonds. The van der Waals surface area contributed by atoms with Crippen molar-refractivity contribution in [2.75, 3.05) is 7.11 Å². The van der Waals surface area contributed by atoms with Crippen LogP contribution >= 0.6 is 0 Å². The highest BCUT2D eigenvalue weighted by Crippen LogP contribution is 2.26. The summed E-state index contributed by atoms with van der Waals surface area (Å²) in [4.78, 5) is 23.3. The van der Waals surface area contributed by atoms with Crippen LogP contribution in [0.25, 0.3) is 0 Å². The number of urea groups is 1. The lowest BCUT2D eigenvalue weighted by Crippen LogP contribution is -2.45. The Hall–Kier alpha value is -1.52. The van der Waals surface area contributed by atoms with Crippen molar-refractivity contribution in [2.24, 2.45) is 5.92 Å². The number of carbonyl (C=O) groups is 2. The number of hydrogen-bond donors (Lipinski definition) is 2. The first-order valence-electron chi connectivity index (χ1n) is 6.99. The minimum Gasteiger partial charge on any atom is -0.469 e. The van der Waals surface area contributed by atoms with E-state index in [0.717, 1.165) is 32.1 Å². The molecule has 0 bridgehead atoms. The summed E-state index contributed by atoms with van der Waals surface area (Å²) in [6.07, 6.45) is 9.51. The molecule has 0 saturated heterocycles. The summed E-state index contributed by atoms with van der Waals surface area (Å²) in [6.45, 7) is 0. The van der Waals surface area contributed by atoms with Gasteiger partial charge in [-0.3, -0.25) is 4.79 Å². The predicted octanol–water partition coefficient (Wildman–Crippen LogP) is 1.74. The maximum atomic E-state index is 11.9. The Morgan fingerprint density at radius 3 is 2.58 bits per heavy atom. The topological polar surface area (TPSA) is 67.4 Å². The van der Waals surface area contributed by atoms with Crippen LogP contribution in [0.15, 0.2) is 12.2 Å². The average Bonchev–Trinajstić information content (AvgIpc) is 2.87. The van der Waals surface area contributed by atoms with Gasteiger partial charge in [0.1, 0.15) is 0 Å². The number of carbonyl (C=O) groups excluding carboxylic acids is 2. The number of nitrogens with one attached hydrogen (secondary N) is 2. The van der Waals surface area contributed by atoms with Gasteiger partial charge in [0.2, 0.25) is 0 Å². The van der Waals surface area contributed by atoms with E-state index >= 15 is 0 Å². The second kappa shape index (κ2) is 6.59. The highest BCUT2D eigenvalue weighted by Gasteiger charge is 2.31. The monoisotopic (exact) mass is 266 g/mol.